The molecule has 3 nitrogen and oxygen atoms in total. The van der Waals surface area contributed by atoms with Crippen LogP contribution in [0.15, 0.2) is 54.6 Å². The number of hydrogen-bond acceptors (Lipinski definition) is 3. The van der Waals surface area contributed by atoms with Gasteiger partial charge < -0.3 is 10.5 Å². The first kappa shape index (κ1) is 14.2. The van der Waals surface area contributed by atoms with E-state index in [-0.39, 0.29) is 12.2 Å². The first-order chi connectivity index (χ1) is 9.56. The standard InChI is InChI=1S/C16H16FNO2/c1-20-15(19)16(18,13-5-3-2-4-6-13)11-12-7-9-14(17)10-8-12/h2-10H,11,18H2,1H3. The second-order valence-electron chi connectivity index (χ2n) is 4.63. The van der Waals surface area contributed by atoms with Gasteiger partial charge in [-0.1, -0.05) is 42.5 Å². The van der Waals surface area contributed by atoms with Gasteiger partial charge in [0.1, 0.15) is 11.4 Å². The normalized spacial score (nSPS) is 13.6. The first-order valence-corrected chi connectivity index (χ1v) is 6.23. The third-order valence-corrected chi connectivity index (χ3v) is 3.23. The van der Waals surface area contributed by atoms with E-state index in [4.69, 9.17) is 10.5 Å². The van der Waals surface area contributed by atoms with Crippen molar-refractivity contribution in [1.82, 2.24) is 0 Å². The largest absolute Gasteiger partial charge is 0.467 e. The maximum Gasteiger partial charge on any atom is 0.330 e. The van der Waals surface area contributed by atoms with Crippen molar-refractivity contribution >= 4 is 5.97 Å². The van der Waals surface area contributed by atoms with Crippen LogP contribution in [0.2, 0.25) is 0 Å². The molecule has 0 saturated heterocycles. The second-order valence-corrected chi connectivity index (χ2v) is 4.63. The Bertz CT molecular complexity index is 583. The third kappa shape index (κ3) is 2.86. The Kier molecular flexibility index (Phi) is 4.15. The molecule has 2 N–H and O–H groups in total. The van der Waals surface area contributed by atoms with E-state index >= 15 is 0 Å². The van der Waals surface area contributed by atoms with Gasteiger partial charge in [-0.2, -0.15) is 0 Å². The molecule has 104 valence electrons. The molecule has 0 aliphatic carbocycles. The van der Waals surface area contributed by atoms with Crippen molar-refractivity contribution in [1.29, 1.82) is 0 Å². The van der Waals surface area contributed by atoms with Gasteiger partial charge in [-0.3, -0.25) is 0 Å². The Labute approximate surface area is 117 Å². The monoisotopic (exact) mass is 273 g/mol. The van der Waals surface area contributed by atoms with Crippen LogP contribution in [0.25, 0.3) is 0 Å². The van der Waals surface area contributed by atoms with E-state index in [2.05, 4.69) is 0 Å². The summed E-state index contributed by atoms with van der Waals surface area (Å²) in [5.41, 5.74) is 6.42. The van der Waals surface area contributed by atoms with Crippen molar-refractivity contribution in [2.24, 2.45) is 5.73 Å². The summed E-state index contributed by atoms with van der Waals surface area (Å²) < 4.78 is 17.8. The van der Waals surface area contributed by atoms with E-state index in [0.717, 1.165) is 5.56 Å². The topological polar surface area (TPSA) is 52.3 Å². The molecule has 0 radical (unpaired) electrons. The van der Waals surface area contributed by atoms with Crippen molar-refractivity contribution in [3.05, 3.63) is 71.5 Å². The number of hydrogen-bond donors (Lipinski definition) is 1. The highest BCUT2D eigenvalue weighted by Crippen LogP contribution is 2.25. The van der Waals surface area contributed by atoms with E-state index in [9.17, 15) is 9.18 Å². The zero-order valence-electron chi connectivity index (χ0n) is 11.2. The Morgan fingerprint density at radius 1 is 1.15 bits per heavy atom. The maximum atomic E-state index is 12.9. The smallest absolute Gasteiger partial charge is 0.330 e. The third-order valence-electron chi connectivity index (χ3n) is 3.23. The van der Waals surface area contributed by atoms with Crippen molar-refractivity contribution in [2.75, 3.05) is 7.11 Å². The fraction of sp³-hybridized carbons (Fsp3) is 0.188. The van der Waals surface area contributed by atoms with Crippen molar-refractivity contribution < 1.29 is 13.9 Å². The van der Waals surface area contributed by atoms with Crippen LogP contribution in [0, 0.1) is 5.82 Å². The molecular formula is C16H16FNO2. The maximum absolute atomic E-state index is 12.9. The van der Waals surface area contributed by atoms with Crippen molar-refractivity contribution in [3.8, 4) is 0 Å². The van der Waals surface area contributed by atoms with Crippen molar-refractivity contribution in [3.63, 3.8) is 0 Å². The minimum Gasteiger partial charge on any atom is -0.467 e. The molecule has 0 spiro atoms. The number of rotatable bonds is 4. The molecule has 4 heteroatoms. The molecule has 0 aromatic heterocycles. The number of nitrogens with two attached hydrogens (primary N) is 1. The lowest BCUT2D eigenvalue weighted by Gasteiger charge is -2.27. The highest BCUT2D eigenvalue weighted by atomic mass is 19.1. The van der Waals surface area contributed by atoms with Gasteiger partial charge in [0.15, 0.2) is 0 Å². The predicted molar refractivity (Wildman–Crippen MR) is 74.4 cm³/mol. The van der Waals surface area contributed by atoms with Gasteiger partial charge in [0.05, 0.1) is 7.11 Å². The molecule has 0 aliphatic rings. The molecule has 2 rings (SSSR count). The van der Waals surface area contributed by atoms with Crippen LogP contribution in [0.4, 0.5) is 4.39 Å². The molecule has 0 saturated carbocycles. The molecule has 1 unspecified atom stereocenters. The molecule has 0 bridgehead atoms. The Morgan fingerprint density at radius 3 is 2.30 bits per heavy atom. The fourth-order valence-corrected chi connectivity index (χ4v) is 2.13. The number of carbonyl (C=O) groups excluding carboxylic acids is 1. The van der Waals surface area contributed by atoms with E-state index in [0.29, 0.717) is 5.56 Å². The molecule has 0 amide bonds. The van der Waals surface area contributed by atoms with Crippen LogP contribution < -0.4 is 5.73 Å². The highest BCUT2D eigenvalue weighted by molar-refractivity contribution is 5.82. The van der Waals surface area contributed by atoms with E-state index in [1.807, 2.05) is 18.2 Å². The first-order valence-electron chi connectivity index (χ1n) is 6.23. The minimum atomic E-state index is -1.28. The zero-order valence-corrected chi connectivity index (χ0v) is 11.2. The lowest BCUT2D eigenvalue weighted by Crippen LogP contribution is -2.47. The van der Waals surface area contributed by atoms with E-state index in [1.165, 1.54) is 19.2 Å². The van der Waals surface area contributed by atoms with Gasteiger partial charge in [-0.25, -0.2) is 9.18 Å². The number of benzene rings is 2. The highest BCUT2D eigenvalue weighted by Gasteiger charge is 2.37. The lowest BCUT2D eigenvalue weighted by molar-refractivity contribution is -0.147. The molecule has 2 aromatic carbocycles. The summed E-state index contributed by atoms with van der Waals surface area (Å²) in [6, 6.07) is 14.9. The molecule has 20 heavy (non-hydrogen) atoms. The molecule has 1 atom stereocenters. The van der Waals surface area contributed by atoms with Gasteiger partial charge in [0.25, 0.3) is 0 Å². The van der Waals surface area contributed by atoms with Gasteiger partial charge in [0, 0.05) is 6.42 Å². The van der Waals surface area contributed by atoms with E-state index < -0.39 is 11.5 Å². The van der Waals surface area contributed by atoms with Crippen LogP contribution in [0.5, 0.6) is 0 Å². The molecular weight excluding hydrogens is 257 g/mol. The summed E-state index contributed by atoms with van der Waals surface area (Å²) in [6.07, 6.45) is 0.240. The summed E-state index contributed by atoms with van der Waals surface area (Å²) in [4.78, 5) is 12.1. The van der Waals surface area contributed by atoms with Crippen molar-refractivity contribution in [2.45, 2.75) is 12.0 Å². The zero-order chi connectivity index (χ0) is 14.6. The summed E-state index contributed by atoms with van der Waals surface area (Å²) in [5, 5.41) is 0. The van der Waals surface area contributed by atoms with Gasteiger partial charge in [-0.05, 0) is 23.3 Å². The molecule has 0 heterocycles. The summed E-state index contributed by atoms with van der Waals surface area (Å²) >= 11 is 0. The number of halogens is 1. The van der Waals surface area contributed by atoms with Crippen LogP contribution in [-0.2, 0) is 21.5 Å². The molecule has 0 aliphatic heterocycles. The molecule has 2 aromatic rings. The second kappa shape index (κ2) is 5.84. The quantitative estimate of drug-likeness (QED) is 0.870. The molecule has 0 fully saturated rings. The van der Waals surface area contributed by atoms with Gasteiger partial charge in [0.2, 0.25) is 0 Å². The van der Waals surface area contributed by atoms with Crippen LogP contribution >= 0.6 is 0 Å². The Balaban J connectivity index is 2.38. The Morgan fingerprint density at radius 2 is 1.75 bits per heavy atom. The van der Waals surface area contributed by atoms with Crippen LogP contribution in [0.3, 0.4) is 0 Å². The fourth-order valence-electron chi connectivity index (χ4n) is 2.13. The van der Waals surface area contributed by atoms with Crippen LogP contribution in [-0.4, -0.2) is 13.1 Å². The number of ether oxygens (including phenoxy) is 1. The Hall–Kier alpha value is -2.20. The number of methoxy groups -OCH3 is 1. The van der Waals surface area contributed by atoms with Crippen LogP contribution in [0.1, 0.15) is 11.1 Å². The summed E-state index contributed by atoms with van der Waals surface area (Å²) in [5.74, 6) is -0.845. The van der Waals surface area contributed by atoms with Gasteiger partial charge in [-0.15, -0.1) is 0 Å². The predicted octanol–water partition coefficient (Wildman–Crippen LogP) is 2.40. The average molecular weight is 273 g/mol. The average Bonchev–Trinajstić information content (AvgIpc) is 2.49. The summed E-state index contributed by atoms with van der Waals surface area (Å²) in [6.45, 7) is 0. The van der Waals surface area contributed by atoms with E-state index in [1.54, 1.807) is 24.3 Å². The summed E-state index contributed by atoms with van der Waals surface area (Å²) in [7, 11) is 1.30. The lowest BCUT2D eigenvalue weighted by atomic mass is 9.85. The number of carbonyl (C=O) groups is 1. The number of esters is 1. The minimum absolute atomic E-state index is 0.240. The van der Waals surface area contributed by atoms with Gasteiger partial charge >= 0.3 is 5.97 Å². The SMILES string of the molecule is COC(=O)C(N)(Cc1ccc(F)cc1)c1ccccc1.